The summed E-state index contributed by atoms with van der Waals surface area (Å²) in [6, 6.07) is 5.30. The number of nitrogens with two attached hydrogens (primary N) is 1. The van der Waals surface area contributed by atoms with Gasteiger partial charge in [-0.1, -0.05) is 29.3 Å². The lowest BCUT2D eigenvalue weighted by atomic mass is 10.3. The quantitative estimate of drug-likeness (QED) is 0.855. The van der Waals surface area contributed by atoms with E-state index in [2.05, 4.69) is 4.90 Å². The highest BCUT2D eigenvalue weighted by atomic mass is 35.5. The SMILES string of the molecule is CN(CCN)CCOc1c(Cl)cccc1Cl. The zero-order valence-electron chi connectivity index (χ0n) is 9.25. The first kappa shape index (κ1) is 13.6. The molecule has 0 heterocycles. The summed E-state index contributed by atoms with van der Waals surface area (Å²) in [7, 11) is 1.99. The van der Waals surface area contributed by atoms with Crippen LogP contribution < -0.4 is 10.5 Å². The molecular weight excluding hydrogens is 247 g/mol. The number of ether oxygens (including phenoxy) is 1. The van der Waals surface area contributed by atoms with Crippen LogP contribution in [-0.2, 0) is 0 Å². The molecule has 3 nitrogen and oxygen atoms in total. The van der Waals surface area contributed by atoms with Gasteiger partial charge >= 0.3 is 0 Å². The second-order valence-electron chi connectivity index (χ2n) is 3.49. The Balaban J connectivity index is 2.43. The summed E-state index contributed by atoms with van der Waals surface area (Å²) in [5.41, 5.74) is 5.44. The van der Waals surface area contributed by atoms with E-state index < -0.39 is 0 Å². The van der Waals surface area contributed by atoms with Crippen LogP contribution in [-0.4, -0.2) is 38.2 Å². The van der Waals surface area contributed by atoms with Crippen LogP contribution in [0.3, 0.4) is 0 Å². The molecule has 0 amide bonds. The first-order chi connectivity index (χ1) is 7.65. The first-order valence-corrected chi connectivity index (χ1v) is 5.86. The Labute approximate surface area is 106 Å². The highest BCUT2D eigenvalue weighted by Crippen LogP contribution is 2.32. The molecule has 0 spiro atoms. The van der Waals surface area contributed by atoms with Gasteiger partial charge in [-0.3, -0.25) is 0 Å². The van der Waals surface area contributed by atoms with Crippen LogP contribution in [0.5, 0.6) is 5.75 Å². The lowest BCUT2D eigenvalue weighted by molar-refractivity contribution is 0.241. The van der Waals surface area contributed by atoms with Gasteiger partial charge in [0, 0.05) is 19.6 Å². The summed E-state index contributed by atoms with van der Waals surface area (Å²) in [5.74, 6) is 0.548. The van der Waals surface area contributed by atoms with Crippen molar-refractivity contribution in [2.45, 2.75) is 0 Å². The molecule has 0 bridgehead atoms. The van der Waals surface area contributed by atoms with Crippen LogP contribution >= 0.6 is 23.2 Å². The third-order valence-electron chi connectivity index (χ3n) is 2.15. The van der Waals surface area contributed by atoms with Gasteiger partial charge in [0.1, 0.15) is 6.61 Å². The summed E-state index contributed by atoms with van der Waals surface area (Å²) in [6.45, 7) is 2.82. The molecule has 1 aromatic carbocycles. The third-order valence-corrected chi connectivity index (χ3v) is 2.74. The molecular formula is C11H16Cl2N2O. The third kappa shape index (κ3) is 4.18. The molecule has 0 saturated heterocycles. The summed E-state index contributed by atoms with van der Waals surface area (Å²) < 4.78 is 5.54. The largest absolute Gasteiger partial charge is 0.489 e. The Morgan fingerprint density at radius 1 is 1.25 bits per heavy atom. The van der Waals surface area contributed by atoms with E-state index in [0.29, 0.717) is 28.9 Å². The Morgan fingerprint density at radius 2 is 1.88 bits per heavy atom. The van der Waals surface area contributed by atoms with Crippen molar-refractivity contribution >= 4 is 23.2 Å². The second kappa shape index (κ2) is 6.97. The van der Waals surface area contributed by atoms with Gasteiger partial charge in [0.25, 0.3) is 0 Å². The van der Waals surface area contributed by atoms with Crippen molar-refractivity contribution in [3.8, 4) is 5.75 Å². The normalized spacial score (nSPS) is 10.8. The highest BCUT2D eigenvalue weighted by Gasteiger charge is 2.06. The number of halogens is 2. The molecule has 16 heavy (non-hydrogen) atoms. The molecule has 0 aliphatic heterocycles. The number of para-hydroxylation sites is 1. The van der Waals surface area contributed by atoms with Crippen molar-refractivity contribution in [2.24, 2.45) is 5.73 Å². The molecule has 0 atom stereocenters. The van der Waals surface area contributed by atoms with Gasteiger partial charge < -0.3 is 15.4 Å². The monoisotopic (exact) mass is 262 g/mol. The summed E-state index contributed by atoms with van der Waals surface area (Å²) >= 11 is 11.9. The predicted molar refractivity (Wildman–Crippen MR) is 68.5 cm³/mol. The molecule has 2 N–H and O–H groups in total. The van der Waals surface area contributed by atoms with Gasteiger partial charge in [-0.25, -0.2) is 0 Å². The molecule has 5 heteroatoms. The first-order valence-electron chi connectivity index (χ1n) is 5.10. The fourth-order valence-electron chi connectivity index (χ4n) is 1.26. The van der Waals surface area contributed by atoms with Gasteiger partial charge in [-0.05, 0) is 19.2 Å². The number of nitrogens with zero attached hydrogens (tertiary/aromatic N) is 1. The number of rotatable bonds is 6. The van der Waals surface area contributed by atoms with E-state index in [1.54, 1.807) is 18.2 Å². The van der Waals surface area contributed by atoms with Crippen LogP contribution in [0.25, 0.3) is 0 Å². The maximum atomic E-state index is 5.96. The van der Waals surface area contributed by atoms with E-state index in [1.807, 2.05) is 7.05 Å². The van der Waals surface area contributed by atoms with Crippen LogP contribution in [0.4, 0.5) is 0 Å². The molecule has 0 radical (unpaired) electrons. The van der Waals surface area contributed by atoms with E-state index in [4.69, 9.17) is 33.7 Å². The molecule has 1 rings (SSSR count). The Bertz CT molecular complexity index is 314. The number of hydrogen-bond donors (Lipinski definition) is 1. The second-order valence-corrected chi connectivity index (χ2v) is 4.31. The molecule has 0 aliphatic rings. The van der Waals surface area contributed by atoms with Crippen LogP contribution in [0, 0.1) is 0 Å². The zero-order chi connectivity index (χ0) is 12.0. The van der Waals surface area contributed by atoms with E-state index in [9.17, 15) is 0 Å². The van der Waals surface area contributed by atoms with Gasteiger partial charge in [0.15, 0.2) is 5.75 Å². The van der Waals surface area contributed by atoms with Crippen molar-refractivity contribution in [1.29, 1.82) is 0 Å². The van der Waals surface area contributed by atoms with Crippen molar-refractivity contribution in [1.82, 2.24) is 4.90 Å². The molecule has 0 fully saturated rings. The van der Waals surface area contributed by atoms with E-state index >= 15 is 0 Å². The van der Waals surface area contributed by atoms with Crippen molar-refractivity contribution in [2.75, 3.05) is 33.3 Å². The highest BCUT2D eigenvalue weighted by molar-refractivity contribution is 6.37. The fraction of sp³-hybridized carbons (Fsp3) is 0.455. The molecule has 0 saturated carbocycles. The molecule has 0 aromatic heterocycles. The Morgan fingerprint density at radius 3 is 2.44 bits per heavy atom. The van der Waals surface area contributed by atoms with E-state index in [1.165, 1.54) is 0 Å². The fourth-order valence-corrected chi connectivity index (χ4v) is 1.76. The van der Waals surface area contributed by atoms with Crippen LogP contribution in [0.15, 0.2) is 18.2 Å². The molecule has 0 unspecified atom stereocenters. The average Bonchev–Trinajstić information content (AvgIpc) is 2.23. The lowest BCUT2D eigenvalue weighted by Gasteiger charge is -2.16. The van der Waals surface area contributed by atoms with Gasteiger partial charge in [-0.15, -0.1) is 0 Å². The molecule has 1 aromatic rings. The maximum Gasteiger partial charge on any atom is 0.156 e. The van der Waals surface area contributed by atoms with Gasteiger partial charge in [-0.2, -0.15) is 0 Å². The van der Waals surface area contributed by atoms with E-state index in [-0.39, 0.29) is 0 Å². The summed E-state index contributed by atoms with van der Waals surface area (Å²) in [6.07, 6.45) is 0. The molecule has 0 aliphatic carbocycles. The minimum absolute atomic E-state index is 0.536. The van der Waals surface area contributed by atoms with Gasteiger partial charge in [0.2, 0.25) is 0 Å². The predicted octanol–water partition coefficient (Wildman–Crippen LogP) is 2.26. The summed E-state index contributed by atoms with van der Waals surface area (Å²) in [5, 5.41) is 1.07. The Kier molecular flexibility index (Phi) is 5.91. The molecule has 90 valence electrons. The lowest BCUT2D eigenvalue weighted by Crippen LogP contribution is -2.29. The topological polar surface area (TPSA) is 38.5 Å². The van der Waals surface area contributed by atoms with Crippen molar-refractivity contribution in [3.05, 3.63) is 28.2 Å². The number of benzene rings is 1. The Hall–Kier alpha value is -0.480. The van der Waals surface area contributed by atoms with Crippen LogP contribution in [0.1, 0.15) is 0 Å². The van der Waals surface area contributed by atoms with Crippen molar-refractivity contribution in [3.63, 3.8) is 0 Å². The van der Waals surface area contributed by atoms with Crippen LogP contribution in [0.2, 0.25) is 10.0 Å². The minimum atomic E-state index is 0.536. The number of hydrogen-bond acceptors (Lipinski definition) is 3. The maximum absolute atomic E-state index is 5.96. The smallest absolute Gasteiger partial charge is 0.156 e. The van der Waals surface area contributed by atoms with Crippen molar-refractivity contribution < 1.29 is 4.74 Å². The zero-order valence-corrected chi connectivity index (χ0v) is 10.8. The van der Waals surface area contributed by atoms with E-state index in [0.717, 1.165) is 13.1 Å². The standard InChI is InChI=1S/C11H16Cl2N2O/c1-15(6-5-14)7-8-16-11-9(12)3-2-4-10(11)13/h2-4H,5-8,14H2,1H3. The minimum Gasteiger partial charge on any atom is -0.489 e. The van der Waals surface area contributed by atoms with Gasteiger partial charge in [0.05, 0.1) is 10.0 Å². The average molecular weight is 263 g/mol. The summed E-state index contributed by atoms with van der Waals surface area (Å²) in [4.78, 5) is 2.09. The number of likely N-dealkylation sites (N-methyl/N-ethyl adjacent to an activating group) is 1.